The summed E-state index contributed by atoms with van der Waals surface area (Å²) >= 11 is 3.61. The SMILES string of the molecule is Cc1cncc(C(=O)N2CC3(C[C@@H](OCc4csc(C)n4)CS3)C2)c1. The van der Waals surface area contributed by atoms with Crippen molar-refractivity contribution in [3.63, 3.8) is 0 Å². The summed E-state index contributed by atoms with van der Waals surface area (Å²) in [6, 6.07) is 1.91. The van der Waals surface area contributed by atoms with Gasteiger partial charge in [-0.2, -0.15) is 0 Å². The van der Waals surface area contributed by atoms with Gasteiger partial charge in [-0.25, -0.2) is 4.98 Å². The van der Waals surface area contributed by atoms with Crippen molar-refractivity contribution in [3.05, 3.63) is 45.7 Å². The molecule has 2 aliphatic rings. The van der Waals surface area contributed by atoms with E-state index < -0.39 is 0 Å². The lowest BCUT2D eigenvalue weighted by atomic mass is 9.92. The number of aryl methyl sites for hydroxylation is 2. The van der Waals surface area contributed by atoms with Gasteiger partial charge in [0.15, 0.2) is 0 Å². The third-order valence-electron chi connectivity index (χ3n) is 4.68. The van der Waals surface area contributed by atoms with Crippen molar-refractivity contribution in [2.75, 3.05) is 18.8 Å². The molecule has 1 spiro atoms. The van der Waals surface area contributed by atoms with Crippen LogP contribution in [0.1, 0.15) is 33.0 Å². The van der Waals surface area contributed by atoms with E-state index >= 15 is 0 Å². The highest BCUT2D eigenvalue weighted by atomic mass is 32.2. The number of amides is 1. The van der Waals surface area contributed by atoms with Gasteiger partial charge in [0.05, 0.1) is 33.7 Å². The second-order valence-corrected chi connectivity index (χ2v) is 9.45. The fraction of sp³-hybridized carbons (Fsp3) is 0.500. The number of aromatic nitrogens is 2. The third kappa shape index (κ3) is 3.59. The van der Waals surface area contributed by atoms with Crippen LogP contribution in [-0.4, -0.2) is 50.5 Å². The van der Waals surface area contributed by atoms with Crippen LogP contribution in [0.25, 0.3) is 0 Å². The smallest absolute Gasteiger partial charge is 0.255 e. The summed E-state index contributed by atoms with van der Waals surface area (Å²) in [5.41, 5.74) is 2.72. The Morgan fingerprint density at radius 3 is 2.96 bits per heavy atom. The fourth-order valence-corrected chi connectivity index (χ4v) is 5.60. The predicted octanol–water partition coefficient (Wildman–Crippen LogP) is 3.07. The van der Waals surface area contributed by atoms with Crippen molar-refractivity contribution in [1.82, 2.24) is 14.9 Å². The average Bonchev–Trinajstić information content (AvgIpc) is 3.17. The Balaban J connectivity index is 1.29. The van der Waals surface area contributed by atoms with E-state index in [2.05, 4.69) is 15.3 Å². The minimum Gasteiger partial charge on any atom is -0.371 e. The second-order valence-electron chi connectivity index (χ2n) is 6.90. The van der Waals surface area contributed by atoms with Gasteiger partial charge in [0.25, 0.3) is 5.91 Å². The number of thioether (sulfide) groups is 1. The summed E-state index contributed by atoms with van der Waals surface area (Å²) in [7, 11) is 0. The highest BCUT2D eigenvalue weighted by Crippen LogP contribution is 2.46. The van der Waals surface area contributed by atoms with Crippen LogP contribution >= 0.6 is 23.1 Å². The third-order valence-corrected chi connectivity index (χ3v) is 7.07. The Kier molecular flexibility index (Phi) is 4.56. The molecule has 0 aromatic carbocycles. The molecule has 5 nitrogen and oxygen atoms in total. The van der Waals surface area contributed by atoms with Crippen LogP contribution in [-0.2, 0) is 11.3 Å². The lowest BCUT2D eigenvalue weighted by Crippen LogP contribution is -2.60. The van der Waals surface area contributed by atoms with Crippen molar-refractivity contribution in [2.24, 2.45) is 0 Å². The normalized spacial score (nSPS) is 21.5. The molecule has 2 saturated heterocycles. The topological polar surface area (TPSA) is 55.3 Å². The van der Waals surface area contributed by atoms with E-state index in [1.807, 2.05) is 36.6 Å². The van der Waals surface area contributed by atoms with E-state index in [1.54, 1.807) is 23.7 Å². The number of rotatable bonds is 4. The van der Waals surface area contributed by atoms with Gasteiger partial charge in [0.1, 0.15) is 0 Å². The number of nitrogens with zero attached hydrogens (tertiary/aromatic N) is 3. The number of carbonyl (C=O) groups excluding carboxylic acids is 1. The number of thiazole rings is 1. The summed E-state index contributed by atoms with van der Waals surface area (Å²) in [6.45, 7) is 6.17. The van der Waals surface area contributed by atoms with Crippen molar-refractivity contribution in [3.8, 4) is 0 Å². The quantitative estimate of drug-likeness (QED) is 0.822. The standard InChI is InChI=1S/C18H21N3O2S2/c1-12-3-14(6-19-5-12)17(22)21-10-18(11-21)4-16(9-25-18)23-7-15-8-24-13(2)20-15/h3,5-6,8,16H,4,7,9-11H2,1-2H3/t16-/m1/s1. The Morgan fingerprint density at radius 2 is 2.24 bits per heavy atom. The maximum Gasteiger partial charge on any atom is 0.255 e. The zero-order chi connectivity index (χ0) is 17.4. The van der Waals surface area contributed by atoms with Crippen molar-refractivity contribution >= 4 is 29.0 Å². The van der Waals surface area contributed by atoms with Gasteiger partial charge in [0, 0.05) is 36.6 Å². The molecular weight excluding hydrogens is 354 g/mol. The molecular formula is C18H21N3O2S2. The minimum absolute atomic E-state index is 0.0877. The maximum atomic E-state index is 12.6. The number of hydrogen-bond acceptors (Lipinski definition) is 6. The molecule has 0 radical (unpaired) electrons. The Bertz CT molecular complexity index is 786. The van der Waals surface area contributed by atoms with E-state index in [0.29, 0.717) is 12.2 Å². The molecule has 1 atom stereocenters. The fourth-order valence-electron chi connectivity index (χ4n) is 3.46. The summed E-state index contributed by atoms with van der Waals surface area (Å²) in [6.07, 6.45) is 4.69. The molecule has 2 aromatic heterocycles. The first kappa shape index (κ1) is 17.0. The van der Waals surface area contributed by atoms with Gasteiger partial charge >= 0.3 is 0 Å². The molecule has 0 N–H and O–H groups in total. The van der Waals surface area contributed by atoms with Gasteiger partial charge in [-0.15, -0.1) is 23.1 Å². The minimum atomic E-state index is 0.0877. The van der Waals surface area contributed by atoms with Crippen molar-refractivity contribution < 1.29 is 9.53 Å². The lowest BCUT2D eigenvalue weighted by molar-refractivity contribution is 0.0246. The van der Waals surface area contributed by atoms with Gasteiger partial charge < -0.3 is 9.64 Å². The number of likely N-dealkylation sites (tertiary alicyclic amines) is 1. The van der Waals surface area contributed by atoms with Crippen LogP contribution in [0.4, 0.5) is 0 Å². The molecule has 0 bridgehead atoms. The Hall–Kier alpha value is -1.44. The maximum absolute atomic E-state index is 12.6. The summed E-state index contributed by atoms with van der Waals surface area (Å²) in [5, 5.41) is 3.14. The highest BCUT2D eigenvalue weighted by Gasteiger charge is 2.51. The zero-order valence-corrected chi connectivity index (χ0v) is 16.0. The van der Waals surface area contributed by atoms with Crippen LogP contribution in [0.15, 0.2) is 23.8 Å². The predicted molar refractivity (Wildman–Crippen MR) is 100 cm³/mol. The Morgan fingerprint density at radius 1 is 1.40 bits per heavy atom. The summed E-state index contributed by atoms with van der Waals surface area (Å²) in [5.74, 6) is 1.08. The van der Waals surface area contributed by atoms with Crippen LogP contribution in [0.3, 0.4) is 0 Å². The number of carbonyl (C=O) groups is 1. The van der Waals surface area contributed by atoms with Crippen LogP contribution in [0, 0.1) is 13.8 Å². The average molecular weight is 376 g/mol. The highest BCUT2D eigenvalue weighted by molar-refractivity contribution is 8.01. The van der Waals surface area contributed by atoms with Crippen LogP contribution in [0.5, 0.6) is 0 Å². The lowest BCUT2D eigenvalue weighted by Gasteiger charge is -2.47. The molecule has 4 heterocycles. The van der Waals surface area contributed by atoms with Gasteiger partial charge in [-0.05, 0) is 31.9 Å². The molecule has 4 rings (SSSR count). The summed E-state index contributed by atoms with van der Waals surface area (Å²) < 4.78 is 6.22. The van der Waals surface area contributed by atoms with E-state index in [-0.39, 0.29) is 16.8 Å². The molecule has 132 valence electrons. The molecule has 0 unspecified atom stereocenters. The van der Waals surface area contributed by atoms with E-state index in [9.17, 15) is 4.79 Å². The molecule has 0 saturated carbocycles. The molecule has 0 aliphatic carbocycles. The first-order valence-electron chi connectivity index (χ1n) is 8.40. The van der Waals surface area contributed by atoms with E-state index in [1.165, 1.54) is 0 Å². The Labute approximate surface area is 155 Å². The number of pyridine rings is 1. The largest absolute Gasteiger partial charge is 0.371 e. The molecule has 7 heteroatoms. The van der Waals surface area contributed by atoms with Crippen molar-refractivity contribution in [1.29, 1.82) is 0 Å². The molecule has 2 aromatic rings. The van der Waals surface area contributed by atoms with Crippen LogP contribution < -0.4 is 0 Å². The van der Waals surface area contributed by atoms with E-state index in [0.717, 1.165) is 41.5 Å². The summed E-state index contributed by atoms with van der Waals surface area (Å²) in [4.78, 5) is 23.0. The monoisotopic (exact) mass is 375 g/mol. The zero-order valence-electron chi connectivity index (χ0n) is 14.4. The molecule has 2 fully saturated rings. The van der Waals surface area contributed by atoms with E-state index in [4.69, 9.17) is 4.74 Å². The van der Waals surface area contributed by atoms with Crippen molar-refractivity contribution in [2.45, 2.75) is 37.7 Å². The van der Waals surface area contributed by atoms with Gasteiger partial charge in [-0.1, -0.05) is 0 Å². The molecule has 1 amide bonds. The van der Waals surface area contributed by atoms with Crippen LogP contribution in [0.2, 0.25) is 0 Å². The first-order chi connectivity index (χ1) is 12.0. The van der Waals surface area contributed by atoms with Gasteiger partial charge in [-0.3, -0.25) is 9.78 Å². The van der Waals surface area contributed by atoms with Gasteiger partial charge in [0.2, 0.25) is 0 Å². The second kappa shape index (κ2) is 6.70. The molecule has 25 heavy (non-hydrogen) atoms. The number of ether oxygens (including phenoxy) is 1. The first-order valence-corrected chi connectivity index (χ1v) is 10.3. The molecule has 2 aliphatic heterocycles. The number of hydrogen-bond donors (Lipinski definition) is 0.